The number of amides is 2. The SMILES string of the molecule is Cc1cc(NC(=O)N2CCOc3ccc(-c4ccnn4C)nc32)cc(C)n1. The number of hydrogen-bond donors (Lipinski definition) is 1. The molecule has 0 saturated carbocycles. The summed E-state index contributed by atoms with van der Waals surface area (Å²) in [6.45, 7) is 4.63. The van der Waals surface area contributed by atoms with Crippen molar-refractivity contribution in [1.82, 2.24) is 19.7 Å². The molecule has 27 heavy (non-hydrogen) atoms. The van der Waals surface area contributed by atoms with Gasteiger partial charge in [-0.25, -0.2) is 9.78 Å². The second kappa shape index (κ2) is 6.71. The lowest BCUT2D eigenvalue weighted by Crippen LogP contribution is -2.41. The first-order chi connectivity index (χ1) is 13.0. The van der Waals surface area contributed by atoms with Crippen molar-refractivity contribution < 1.29 is 9.53 Å². The molecule has 0 bridgehead atoms. The van der Waals surface area contributed by atoms with Gasteiger partial charge >= 0.3 is 6.03 Å². The molecule has 0 aromatic carbocycles. The van der Waals surface area contributed by atoms with Gasteiger partial charge < -0.3 is 10.1 Å². The Labute approximate surface area is 156 Å². The van der Waals surface area contributed by atoms with Crippen molar-refractivity contribution in [3.05, 3.63) is 47.9 Å². The molecule has 3 aromatic rings. The Morgan fingerprint density at radius 1 is 1.15 bits per heavy atom. The van der Waals surface area contributed by atoms with Gasteiger partial charge in [-0.1, -0.05) is 0 Å². The lowest BCUT2D eigenvalue weighted by Gasteiger charge is -2.28. The van der Waals surface area contributed by atoms with Crippen LogP contribution in [0.15, 0.2) is 36.5 Å². The molecule has 0 saturated heterocycles. The van der Waals surface area contributed by atoms with Crippen LogP contribution in [0.3, 0.4) is 0 Å². The first kappa shape index (κ1) is 17.0. The Balaban J connectivity index is 1.65. The minimum Gasteiger partial charge on any atom is -0.488 e. The third-order valence-corrected chi connectivity index (χ3v) is 4.33. The number of carbonyl (C=O) groups excluding carboxylic acids is 1. The average molecular weight is 364 g/mol. The molecule has 4 rings (SSSR count). The van der Waals surface area contributed by atoms with E-state index < -0.39 is 0 Å². The number of rotatable bonds is 2. The molecular weight excluding hydrogens is 344 g/mol. The summed E-state index contributed by atoms with van der Waals surface area (Å²) in [6.07, 6.45) is 1.71. The number of hydrogen-bond acceptors (Lipinski definition) is 5. The van der Waals surface area contributed by atoms with Crippen LogP contribution in [0, 0.1) is 13.8 Å². The zero-order valence-corrected chi connectivity index (χ0v) is 15.4. The van der Waals surface area contributed by atoms with E-state index in [0.29, 0.717) is 30.4 Å². The van der Waals surface area contributed by atoms with E-state index in [2.05, 4.69) is 20.4 Å². The van der Waals surface area contributed by atoms with E-state index in [0.717, 1.165) is 22.8 Å². The molecule has 138 valence electrons. The number of aromatic nitrogens is 4. The quantitative estimate of drug-likeness (QED) is 0.756. The third-order valence-electron chi connectivity index (χ3n) is 4.33. The Hall–Kier alpha value is -3.42. The molecule has 0 spiro atoms. The minimum absolute atomic E-state index is 0.251. The van der Waals surface area contributed by atoms with Crippen LogP contribution in [-0.4, -0.2) is 38.9 Å². The van der Waals surface area contributed by atoms with E-state index in [1.165, 1.54) is 0 Å². The highest BCUT2D eigenvalue weighted by atomic mass is 16.5. The minimum atomic E-state index is -0.251. The van der Waals surface area contributed by atoms with Gasteiger partial charge in [0.05, 0.1) is 17.9 Å². The fraction of sp³-hybridized carbons (Fsp3) is 0.263. The molecule has 1 N–H and O–H groups in total. The van der Waals surface area contributed by atoms with Crippen LogP contribution in [0.2, 0.25) is 0 Å². The Kier molecular flexibility index (Phi) is 4.23. The standard InChI is InChI=1S/C19H20N6O2/c1-12-10-14(11-13(2)21-12)22-19(26)25-8-9-27-17-5-4-15(23-18(17)25)16-6-7-20-24(16)3/h4-7,10-11H,8-9H2,1-3H3,(H,21,22,26). The Morgan fingerprint density at radius 3 is 2.63 bits per heavy atom. The molecular formula is C19H20N6O2. The molecule has 8 nitrogen and oxygen atoms in total. The van der Waals surface area contributed by atoms with E-state index in [4.69, 9.17) is 4.74 Å². The molecule has 0 fully saturated rings. The van der Waals surface area contributed by atoms with Crippen molar-refractivity contribution in [2.24, 2.45) is 7.05 Å². The Morgan fingerprint density at radius 2 is 1.93 bits per heavy atom. The summed E-state index contributed by atoms with van der Waals surface area (Å²) < 4.78 is 7.42. The van der Waals surface area contributed by atoms with Gasteiger partial charge in [-0.15, -0.1) is 0 Å². The van der Waals surface area contributed by atoms with E-state index in [1.807, 2.05) is 51.2 Å². The summed E-state index contributed by atoms with van der Waals surface area (Å²) in [7, 11) is 1.85. The van der Waals surface area contributed by atoms with Gasteiger partial charge in [-0.3, -0.25) is 14.6 Å². The molecule has 0 aliphatic carbocycles. The average Bonchev–Trinajstić information content (AvgIpc) is 3.05. The largest absolute Gasteiger partial charge is 0.488 e. The smallest absolute Gasteiger partial charge is 0.327 e. The van der Waals surface area contributed by atoms with E-state index >= 15 is 0 Å². The van der Waals surface area contributed by atoms with Gasteiger partial charge in [0.2, 0.25) is 0 Å². The zero-order valence-electron chi connectivity index (χ0n) is 15.4. The lowest BCUT2D eigenvalue weighted by atomic mass is 10.2. The van der Waals surface area contributed by atoms with Crippen molar-refractivity contribution >= 4 is 17.5 Å². The van der Waals surface area contributed by atoms with E-state index in [9.17, 15) is 4.79 Å². The summed E-state index contributed by atoms with van der Waals surface area (Å²) >= 11 is 0. The predicted octanol–water partition coefficient (Wildman–Crippen LogP) is 2.92. The van der Waals surface area contributed by atoms with Crippen molar-refractivity contribution in [3.63, 3.8) is 0 Å². The second-order valence-corrected chi connectivity index (χ2v) is 6.43. The number of ether oxygens (including phenoxy) is 1. The summed E-state index contributed by atoms with van der Waals surface area (Å²) in [6, 6.07) is 9.01. The van der Waals surface area contributed by atoms with Crippen molar-refractivity contribution in [2.45, 2.75) is 13.8 Å². The van der Waals surface area contributed by atoms with Crippen LogP contribution in [0.25, 0.3) is 11.4 Å². The number of aryl methyl sites for hydroxylation is 3. The summed E-state index contributed by atoms with van der Waals surface area (Å²) in [4.78, 5) is 23.5. The first-order valence-electron chi connectivity index (χ1n) is 8.67. The van der Waals surface area contributed by atoms with E-state index in [-0.39, 0.29) is 6.03 Å². The topological polar surface area (TPSA) is 85.2 Å². The first-order valence-corrected chi connectivity index (χ1v) is 8.67. The molecule has 4 heterocycles. The molecule has 2 amide bonds. The molecule has 1 aliphatic rings. The molecule has 0 radical (unpaired) electrons. The van der Waals surface area contributed by atoms with Gasteiger partial charge in [0.1, 0.15) is 6.61 Å². The maximum atomic E-state index is 12.9. The maximum absolute atomic E-state index is 12.9. The number of pyridine rings is 2. The summed E-state index contributed by atoms with van der Waals surface area (Å²) in [5.41, 5.74) is 4.01. The van der Waals surface area contributed by atoms with Gasteiger partial charge in [-0.05, 0) is 44.2 Å². The highest BCUT2D eigenvalue weighted by Gasteiger charge is 2.26. The van der Waals surface area contributed by atoms with Crippen LogP contribution in [-0.2, 0) is 7.05 Å². The normalized spacial score (nSPS) is 13.1. The molecule has 0 unspecified atom stereocenters. The third kappa shape index (κ3) is 3.33. The number of carbonyl (C=O) groups is 1. The monoisotopic (exact) mass is 364 g/mol. The van der Waals surface area contributed by atoms with Crippen LogP contribution in [0.4, 0.5) is 16.3 Å². The zero-order chi connectivity index (χ0) is 19.0. The van der Waals surface area contributed by atoms with Crippen LogP contribution >= 0.6 is 0 Å². The van der Waals surface area contributed by atoms with Crippen molar-refractivity contribution in [3.8, 4) is 17.1 Å². The van der Waals surface area contributed by atoms with Gasteiger partial charge in [0, 0.05) is 30.3 Å². The fourth-order valence-electron chi connectivity index (χ4n) is 3.16. The second-order valence-electron chi connectivity index (χ2n) is 6.43. The number of nitrogens with zero attached hydrogens (tertiary/aromatic N) is 5. The lowest BCUT2D eigenvalue weighted by molar-refractivity contribution is 0.249. The highest BCUT2D eigenvalue weighted by molar-refractivity contribution is 6.02. The molecule has 0 atom stereocenters. The summed E-state index contributed by atoms with van der Waals surface area (Å²) in [5.74, 6) is 1.09. The number of urea groups is 1. The molecule has 3 aromatic heterocycles. The maximum Gasteiger partial charge on any atom is 0.327 e. The van der Waals surface area contributed by atoms with Crippen LogP contribution in [0.1, 0.15) is 11.4 Å². The predicted molar refractivity (Wildman–Crippen MR) is 102 cm³/mol. The van der Waals surface area contributed by atoms with Crippen LogP contribution < -0.4 is 15.0 Å². The molecule has 8 heteroatoms. The van der Waals surface area contributed by atoms with Gasteiger partial charge in [0.25, 0.3) is 0 Å². The van der Waals surface area contributed by atoms with Crippen molar-refractivity contribution in [1.29, 1.82) is 0 Å². The van der Waals surface area contributed by atoms with E-state index in [1.54, 1.807) is 15.8 Å². The van der Waals surface area contributed by atoms with Crippen LogP contribution in [0.5, 0.6) is 5.75 Å². The molecule has 1 aliphatic heterocycles. The highest BCUT2D eigenvalue weighted by Crippen LogP contribution is 2.32. The number of anilines is 2. The summed E-state index contributed by atoms with van der Waals surface area (Å²) in [5, 5.41) is 7.11. The fourth-order valence-corrected chi connectivity index (χ4v) is 3.16. The van der Waals surface area contributed by atoms with Crippen molar-refractivity contribution in [2.75, 3.05) is 23.4 Å². The Bertz CT molecular complexity index is 993. The van der Waals surface area contributed by atoms with Gasteiger partial charge in [0.15, 0.2) is 11.6 Å². The number of fused-ring (bicyclic) bond motifs is 1. The van der Waals surface area contributed by atoms with Gasteiger partial charge in [-0.2, -0.15) is 5.10 Å². The number of nitrogens with one attached hydrogen (secondary N) is 1.